The Balaban J connectivity index is 1.71. The summed E-state index contributed by atoms with van der Waals surface area (Å²) in [4.78, 5) is 18.7. The number of methoxy groups -OCH3 is 1. The molecule has 25 heavy (non-hydrogen) atoms. The van der Waals surface area contributed by atoms with Gasteiger partial charge in [0, 0.05) is 6.54 Å². The number of fused-ring (bicyclic) bond motifs is 1. The standard InChI is InChI=1S/C19H23ClN2O2S/c1-24-15-7-8-16-17(11-15)25-18(21-16)13-22(19(23)12-20)10-9-14-5-3-2-4-6-14/h5,7-8,11H,2-4,6,9-10,12-13H2,1H3. The van der Waals surface area contributed by atoms with Gasteiger partial charge >= 0.3 is 0 Å². The normalized spacial score (nSPS) is 14.4. The summed E-state index contributed by atoms with van der Waals surface area (Å²) >= 11 is 7.42. The van der Waals surface area contributed by atoms with E-state index in [0.717, 1.165) is 33.8 Å². The third-order valence-corrected chi connectivity index (χ3v) is 5.75. The van der Waals surface area contributed by atoms with Crippen LogP contribution in [-0.4, -0.2) is 35.3 Å². The Kier molecular flexibility index (Phi) is 6.32. The zero-order valence-electron chi connectivity index (χ0n) is 14.5. The maximum atomic E-state index is 12.2. The molecule has 0 saturated heterocycles. The molecule has 0 saturated carbocycles. The number of aromatic nitrogens is 1. The third-order valence-electron chi connectivity index (χ3n) is 4.52. The van der Waals surface area contributed by atoms with Gasteiger partial charge in [0.2, 0.25) is 5.91 Å². The molecule has 0 N–H and O–H groups in total. The highest BCUT2D eigenvalue weighted by Gasteiger charge is 2.16. The molecule has 1 amide bonds. The van der Waals surface area contributed by atoms with Gasteiger partial charge in [-0.25, -0.2) is 4.98 Å². The number of nitrogens with zero attached hydrogens (tertiary/aromatic N) is 2. The van der Waals surface area contributed by atoms with E-state index >= 15 is 0 Å². The van der Waals surface area contributed by atoms with Crippen LogP contribution in [-0.2, 0) is 11.3 Å². The molecular weight excluding hydrogens is 356 g/mol. The summed E-state index contributed by atoms with van der Waals surface area (Å²) in [5, 5.41) is 0.930. The Morgan fingerprint density at radius 2 is 2.28 bits per heavy atom. The number of rotatable bonds is 7. The van der Waals surface area contributed by atoms with Gasteiger partial charge in [0.25, 0.3) is 0 Å². The highest BCUT2D eigenvalue weighted by atomic mass is 35.5. The lowest BCUT2D eigenvalue weighted by molar-refractivity contribution is -0.129. The van der Waals surface area contributed by atoms with Gasteiger partial charge in [0.05, 0.1) is 23.9 Å². The molecule has 0 atom stereocenters. The van der Waals surface area contributed by atoms with E-state index in [-0.39, 0.29) is 11.8 Å². The van der Waals surface area contributed by atoms with Gasteiger partial charge in [-0.3, -0.25) is 4.79 Å². The van der Waals surface area contributed by atoms with E-state index in [4.69, 9.17) is 16.3 Å². The first kappa shape index (κ1) is 18.2. The van der Waals surface area contributed by atoms with Gasteiger partial charge in [-0.05, 0) is 50.3 Å². The van der Waals surface area contributed by atoms with E-state index in [0.29, 0.717) is 13.1 Å². The minimum atomic E-state index is -0.0325. The molecule has 3 rings (SSSR count). The maximum absolute atomic E-state index is 12.2. The second kappa shape index (κ2) is 8.68. The SMILES string of the molecule is COc1ccc2nc(CN(CCC3=CCCCC3)C(=O)CCl)sc2c1. The van der Waals surface area contributed by atoms with Crippen LogP contribution < -0.4 is 4.74 Å². The van der Waals surface area contributed by atoms with Crippen molar-refractivity contribution in [3.63, 3.8) is 0 Å². The van der Waals surface area contributed by atoms with Crippen molar-refractivity contribution in [2.45, 2.75) is 38.6 Å². The highest BCUT2D eigenvalue weighted by molar-refractivity contribution is 7.18. The van der Waals surface area contributed by atoms with Crippen molar-refractivity contribution in [3.05, 3.63) is 34.9 Å². The van der Waals surface area contributed by atoms with Crippen LogP contribution in [0.5, 0.6) is 5.75 Å². The van der Waals surface area contributed by atoms with Crippen LogP contribution in [0.1, 0.15) is 37.1 Å². The zero-order chi connectivity index (χ0) is 17.6. The predicted molar refractivity (Wildman–Crippen MR) is 103 cm³/mol. The molecule has 0 radical (unpaired) electrons. The lowest BCUT2D eigenvalue weighted by Gasteiger charge is -2.22. The fraction of sp³-hybridized carbons (Fsp3) is 0.474. The highest BCUT2D eigenvalue weighted by Crippen LogP contribution is 2.27. The van der Waals surface area contributed by atoms with Gasteiger partial charge in [0.15, 0.2) is 0 Å². The lowest BCUT2D eigenvalue weighted by Crippen LogP contribution is -2.32. The molecular formula is C19H23ClN2O2S. The number of hydrogen-bond acceptors (Lipinski definition) is 4. The molecule has 1 aliphatic rings. The second-order valence-corrected chi connectivity index (χ2v) is 7.63. The van der Waals surface area contributed by atoms with Crippen molar-refractivity contribution in [1.82, 2.24) is 9.88 Å². The zero-order valence-corrected chi connectivity index (χ0v) is 16.0. The number of carbonyl (C=O) groups excluding carboxylic acids is 1. The summed E-state index contributed by atoms with van der Waals surface area (Å²) in [6.07, 6.45) is 8.12. The molecule has 6 heteroatoms. The molecule has 2 aromatic rings. The van der Waals surface area contributed by atoms with Crippen LogP contribution in [0.4, 0.5) is 0 Å². The van der Waals surface area contributed by atoms with Gasteiger partial charge in [-0.2, -0.15) is 0 Å². The first-order valence-electron chi connectivity index (χ1n) is 8.64. The first-order chi connectivity index (χ1) is 12.2. The van der Waals surface area contributed by atoms with Crippen molar-refractivity contribution in [3.8, 4) is 5.75 Å². The van der Waals surface area contributed by atoms with Gasteiger partial charge in [-0.15, -0.1) is 22.9 Å². The van der Waals surface area contributed by atoms with Crippen molar-refractivity contribution >= 4 is 39.1 Å². The largest absolute Gasteiger partial charge is 0.497 e. The average Bonchev–Trinajstić information content (AvgIpc) is 3.06. The van der Waals surface area contributed by atoms with Crippen molar-refractivity contribution in [2.24, 2.45) is 0 Å². The molecule has 0 aliphatic heterocycles. The van der Waals surface area contributed by atoms with E-state index in [1.807, 2.05) is 23.1 Å². The Labute approximate surface area is 157 Å². The molecule has 0 spiro atoms. The van der Waals surface area contributed by atoms with E-state index in [9.17, 15) is 4.79 Å². The molecule has 0 bridgehead atoms. The molecule has 1 aromatic heterocycles. The van der Waals surface area contributed by atoms with Crippen LogP contribution in [0, 0.1) is 0 Å². The monoisotopic (exact) mass is 378 g/mol. The van der Waals surface area contributed by atoms with Gasteiger partial charge in [-0.1, -0.05) is 11.6 Å². The number of benzene rings is 1. The Morgan fingerprint density at radius 3 is 3.00 bits per heavy atom. The Bertz CT molecular complexity index is 772. The van der Waals surface area contributed by atoms with Crippen molar-refractivity contribution < 1.29 is 9.53 Å². The number of alkyl halides is 1. The Hall–Kier alpha value is -1.59. The number of halogens is 1. The quantitative estimate of drug-likeness (QED) is 0.515. The molecule has 1 aliphatic carbocycles. The molecule has 1 aromatic carbocycles. The minimum Gasteiger partial charge on any atom is -0.497 e. The van der Waals surface area contributed by atoms with E-state index in [2.05, 4.69) is 11.1 Å². The number of hydrogen-bond donors (Lipinski definition) is 0. The fourth-order valence-electron chi connectivity index (χ4n) is 3.10. The Morgan fingerprint density at radius 1 is 1.40 bits per heavy atom. The number of ether oxygens (including phenoxy) is 1. The number of allylic oxidation sites excluding steroid dienone is 1. The topological polar surface area (TPSA) is 42.4 Å². The van der Waals surface area contributed by atoms with Crippen molar-refractivity contribution in [1.29, 1.82) is 0 Å². The average molecular weight is 379 g/mol. The summed E-state index contributed by atoms with van der Waals surface area (Å²) in [5.41, 5.74) is 2.40. The molecule has 1 heterocycles. The second-order valence-electron chi connectivity index (χ2n) is 6.25. The molecule has 0 fully saturated rings. The van der Waals surface area contributed by atoms with Crippen LogP contribution in [0.25, 0.3) is 10.2 Å². The van der Waals surface area contributed by atoms with Gasteiger partial charge < -0.3 is 9.64 Å². The van der Waals surface area contributed by atoms with Crippen LogP contribution in [0.2, 0.25) is 0 Å². The fourth-order valence-corrected chi connectivity index (χ4v) is 4.28. The maximum Gasteiger partial charge on any atom is 0.237 e. The van der Waals surface area contributed by atoms with E-state index in [1.165, 1.54) is 24.8 Å². The lowest BCUT2D eigenvalue weighted by atomic mass is 9.97. The number of amides is 1. The summed E-state index contributed by atoms with van der Waals surface area (Å²) in [5.74, 6) is 0.799. The van der Waals surface area contributed by atoms with Crippen LogP contribution >= 0.6 is 22.9 Å². The van der Waals surface area contributed by atoms with Crippen LogP contribution in [0.15, 0.2) is 29.8 Å². The van der Waals surface area contributed by atoms with Crippen molar-refractivity contribution in [2.75, 3.05) is 19.5 Å². The van der Waals surface area contributed by atoms with E-state index < -0.39 is 0 Å². The van der Waals surface area contributed by atoms with E-state index in [1.54, 1.807) is 18.4 Å². The summed E-state index contributed by atoms with van der Waals surface area (Å²) in [6.45, 7) is 1.22. The van der Waals surface area contributed by atoms with Crippen LogP contribution in [0.3, 0.4) is 0 Å². The van der Waals surface area contributed by atoms with Gasteiger partial charge in [0.1, 0.15) is 16.6 Å². The smallest absolute Gasteiger partial charge is 0.237 e. The third kappa shape index (κ3) is 4.73. The summed E-state index contributed by atoms with van der Waals surface area (Å²) in [7, 11) is 1.66. The number of thiazole rings is 1. The number of carbonyl (C=O) groups is 1. The molecule has 134 valence electrons. The molecule has 4 nitrogen and oxygen atoms in total. The predicted octanol–water partition coefficient (Wildman–Crippen LogP) is 4.76. The summed E-state index contributed by atoms with van der Waals surface area (Å²) in [6, 6.07) is 5.84. The summed E-state index contributed by atoms with van der Waals surface area (Å²) < 4.78 is 6.34. The molecule has 0 unspecified atom stereocenters. The minimum absolute atomic E-state index is 0.0117. The first-order valence-corrected chi connectivity index (χ1v) is 10.00.